The fourth-order valence-electron chi connectivity index (χ4n) is 2.39. The molecule has 0 atom stereocenters. The summed E-state index contributed by atoms with van der Waals surface area (Å²) in [4.78, 5) is 14.4. The molecule has 6 heteroatoms. The Balaban J connectivity index is 2.30. The SMILES string of the molecule is O=Cc1c(-c2ccccc2Cl)[nH]c2ccc(C(F)(F)F)cc12. The zero-order chi connectivity index (χ0) is 15.9. The van der Waals surface area contributed by atoms with Crippen LogP contribution in [0.1, 0.15) is 15.9 Å². The molecule has 0 aliphatic carbocycles. The van der Waals surface area contributed by atoms with Gasteiger partial charge in [0.15, 0.2) is 6.29 Å². The number of H-pyrrole nitrogens is 1. The lowest BCUT2D eigenvalue weighted by Gasteiger charge is -2.06. The average Bonchev–Trinajstić information content (AvgIpc) is 2.84. The number of carbonyl (C=O) groups is 1. The van der Waals surface area contributed by atoms with Crippen LogP contribution >= 0.6 is 11.6 Å². The van der Waals surface area contributed by atoms with Gasteiger partial charge in [-0.1, -0.05) is 29.8 Å². The maximum atomic E-state index is 12.8. The van der Waals surface area contributed by atoms with Crippen LogP contribution in [0.5, 0.6) is 0 Å². The van der Waals surface area contributed by atoms with Gasteiger partial charge in [0.1, 0.15) is 0 Å². The van der Waals surface area contributed by atoms with Crippen molar-refractivity contribution < 1.29 is 18.0 Å². The number of halogens is 4. The van der Waals surface area contributed by atoms with Crippen LogP contribution in [-0.4, -0.2) is 11.3 Å². The van der Waals surface area contributed by atoms with E-state index in [9.17, 15) is 18.0 Å². The molecule has 0 saturated carbocycles. The van der Waals surface area contributed by atoms with Crippen LogP contribution in [0.4, 0.5) is 13.2 Å². The van der Waals surface area contributed by atoms with Crippen LogP contribution in [-0.2, 0) is 6.18 Å². The van der Waals surface area contributed by atoms with Gasteiger partial charge < -0.3 is 4.98 Å². The first-order chi connectivity index (χ1) is 10.4. The molecular formula is C16H9ClF3NO. The topological polar surface area (TPSA) is 32.9 Å². The van der Waals surface area contributed by atoms with E-state index in [0.29, 0.717) is 28.1 Å². The second kappa shape index (κ2) is 5.18. The molecule has 0 saturated heterocycles. The van der Waals surface area contributed by atoms with Crippen molar-refractivity contribution in [2.45, 2.75) is 6.18 Å². The van der Waals surface area contributed by atoms with E-state index in [4.69, 9.17) is 11.6 Å². The van der Waals surface area contributed by atoms with Crippen molar-refractivity contribution in [1.82, 2.24) is 4.98 Å². The summed E-state index contributed by atoms with van der Waals surface area (Å²) < 4.78 is 38.5. The minimum atomic E-state index is -4.46. The number of aromatic nitrogens is 1. The molecular weight excluding hydrogens is 315 g/mol. The van der Waals surface area contributed by atoms with Gasteiger partial charge in [-0.15, -0.1) is 0 Å². The predicted octanol–water partition coefficient (Wildman–Crippen LogP) is 5.32. The monoisotopic (exact) mass is 323 g/mol. The van der Waals surface area contributed by atoms with Crippen LogP contribution in [0.25, 0.3) is 22.2 Å². The molecule has 0 bridgehead atoms. The number of hydrogen-bond donors (Lipinski definition) is 1. The lowest BCUT2D eigenvalue weighted by molar-refractivity contribution is -0.137. The van der Waals surface area contributed by atoms with E-state index in [2.05, 4.69) is 4.98 Å². The predicted molar refractivity (Wildman–Crippen MR) is 79.1 cm³/mol. The normalized spacial score (nSPS) is 11.8. The number of benzene rings is 2. The molecule has 1 aromatic heterocycles. The standard InChI is InChI=1S/C16H9ClF3NO/c17-13-4-2-1-3-10(13)15-12(8-22)11-7-9(16(18,19)20)5-6-14(11)21-15/h1-8,21H. The van der Waals surface area contributed by atoms with Gasteiger partial charge in [-0.25, -0.2) is 0 Å². The Bertz CT molecular complexity index is 867. The number of alkyl halides is 3. The molecule has 1 N–H and O–H groups in total. The number of hydrogen-bond acceptors (Lipinski definition) is 1. The van der Waals surface area contributed by atoms with Crippen LogP contribution in [0.3, 0.4) is 0 Å². The number of nitrogens with one attached hydrogen (secondary N) is 1. The summed E-state index contributed by atoms with van der Waals surface area (Å²) in [6.07, 6.45) is -3.92. The van der Waals surface area contributed by atoms with Crippen molar-refractivity contribution in [2.75, 3.05) is 0 Å². The van der Waals surface area contributed by atoms with Gasteiger partial charge in [0.2, 0.25) is 0 Å². The van der Waals surface area contributed by atoms with Gasteiger partial charge in [-0.3, -0.25) is 4.79 Å². The lowest BCUT2D eigenvalue weighted by Crippen LogP contribution is -2.04. The Morgan fingerprint density at radius 3 is 2.45 bits per heavy atom. The van der Waals surface area contributed by atoms with E-state index >= 15 is 0 Å². The van der Waals surface area contributed by atoms with E-state index in [1.807, 2.05) is 0 Å². The van der Waals surface area contributed by atoms with Crippen molar-refractivity contribution in [3.63, 3.8) is 0 Å². The van der Waals surface area contributed by atoms with Crippen molar-refractivity contribution in [1.29, 1.82) is 0 Å². The van der Waals surface area contributed by atoms with E-state index < -0.39 is 11.7 Å². The fourth-order valence-corrected chi connectivity index (χ4v) is 2.62. The van der Waals surface area contributed by atoms with Crippen LogP contribution < -0.4 is 0 Å². The molecule has 3 rings (SSSR count). The molecule has 2 nitrogen and oxygen atoms in total. The maximum Gasteiger partial charge on any atom is 0.416 e. The van der Waals surface area contributed by atoms with Crippen LogP contribution in [0, 0.1) is 0 Å². The first-order valence-corrected chi connectivity index (χ1v) is 6.72. The summed E-state index contributed by atoms with van der Waals surface area (Å²) >= 11 is 6.10. The number of fused-ring (bicyclic) bond motifs is 1. The molecule has 0 aliphatic heterocycles. The summed E-state index contributed by atoms with van der Waals surface area (Å²) in [6.45, 7) is 0. The summed E-state index contributed by atoms with van der Waals surface area (Å²) in [7, 11) is 0. The van der Waals surface area contributed by atoms with E-state index in [1.54, 1.807) is 24.3 Å². The summed E-state index contributed by atoms with van der Waals surface area (Å²) in [5, 5.41) is 0.632. The highest BCUT2D eigenvalue weighted by Gasteiger charge is 2.31. The molecule has 3 aromatic rings. The van der Waals surface area contributed by atoms with Gasteiger partial charge in [0, 0.05) is 27.1 Å². The Hall–Kier alpha value is -2.27. The molecule has 0 spiro atoms. The minimum absolute atomic E-state index is 0.161. The number of aromatic amines is 1. The molecule has 0 aliphatic rings. The third-order valence-electron chi connectivity index (χ3n) is 3.43. The molecule has 0 amide bonds. The van der Waals surface area contributed by atoms with Crippen molar-refractivity contribution in [3.8, 4) is 11.3 Å². The highest BCUT2D eigenvalue weighted by Crippen LogP contribution is 2.36. The van der Waals surface area contributed by atoms with E-state index in [1.165, 1.54) is 6.07 Å². The second-order valence-corrected chi connectivity index (χ2v) is 5.18. The lowest BCUT2D eigenvalue weighted by atomic mass is 10.0. The Labute approximate surface area is 128 Å². The highest BCUT2D eigenvalue weighted by atomic mass is 35.5. The van der Waals surface area contributed by atoms with Crippen molar-refractivity contribution >= 4 is 28.8 Å². The largest absolute Gasteiger partial charge is 0.416 e. The van der Waals surface area contributed by atoms with Gasteiger partial charge in [0.05, 0.1) is 11.3 Å². The van der Waals surface area contributed by atoms with E-state index in [-0.39, 0.29) is 10.9 Å². The van der Waals surface area contributed by atoms with Gasteiger partial charge in [-0.2, -0.15) is 13.2 Å². The fraction of sp³-hybridized carbons (Fsp3) is 0.0625. The molecule has 112 valence electrons. The quantitative estimate of drug-likeness (QED) is 0.636. The Kier molecular flexibility index (Phi) is 3.45. The first-order valence-electron chi connectivity index (χ1n) is 6.35. The summed E-state index contributed by atoms with van der Waals surface area (Å²) in [5.41, 5.74) is 0.790. The number of carbonyl (C=O) groups excluding carboxylic acids is 1. The minimum Gasteiger partial charge on any atom is -0.354 e. The van der Waals surface area contributed by atoms with Crippen molar-refractivity contribution in [3.05, 3.63) is 58.6 Å². The second-order valence-electron chi connectivity index (χ2n) is 4.77. The van der Waals surface area contributed by atoms with E-state index in [0.717, 1.165) is 12.1 Å². The number of rotatable bonds is 2. The van der Waals surface area contributed by atoms with Gasteiger partial charge >= 0.3 is 6.18 Å². The Morgan fingerprint density at radius 1 is 1.09 bits per heavy atom. The summed E-state index contributed by atoms with van der Waals surface area (Å²) in [5.74, 6) is 0. The average molecular weight is 324 g/mol. The molecule has 2 aromatic carbocycles. The van der Waals surface area contributed by atoms with Crippen LogP contribution in [0.2, 0.25) is 5.02 Å². The molecule has 0 radical (unpaired) electrons. The van der Waals surface area contributed by atoms with Gasteiger partial charge in [-0.05, 0) is 24.3 Å². The third-order valence-corrected chi connectivity index (χ3v) is 3.76. The Morgan fingerprint density at radius 2 is 1.82 bits per heavy atom. The third kappa shape index (κ3) is 2.37. The molecule has 22 heavy (non-hydrogen) atoms. The van der Waals surface area contributed by atoms with Crippen molar-refractivity contribution in [2.24, 2.45) is 0 Å². The molecule has 1 heterocycles. The number of aldehydes is 1. The zero-order valence-electron chi connectivity index (χ0n) is 11.0. The molecule has 0 unspecified atom stereocenters. The highest BCUT2D eigenvalue weighted by molar-refractivity contribution is 6.33. The first kappa shape index (κ1) is 14.7. The maximum absolute atomic E-state index is 12.8. The van der Waals surface area contributed by atoms with Gasteiger partial charge in [0.25, 0.3) is 0 Å². The molecule has 0 fully saturated rings. The summed E-state index contributed by atoms with van der Waals surface area (Å²) in [6, 6.07) is 10.1. The smallest absolute Gasteiger partial charge is 0.354 e. The van der Waals surface area contributed by atoms with Crippen LogP contribution in [0.15, 0.2) is 42.5 Å². The zero-order valence-corrected chi connectivity index (χ0v) is 11.8.